The maximum atomic E-state index is 10.5. The summed E-state index contributed by atoms with van der Waals surface area (Å²) in [7, 11) is 0. The van der Waals surface area contributed by atoms with E-state index in [1.54, 1.807) is 0 Å². The zero-order valence-corrected chi connectivity index (χ0v) is 11.7. The van der Waals surface area contributed by atoms with Crippen LogP contribution in [0.2, 0.25) is 0 Å². The number of aliphatic carboxylic acids is 1. The zero-order chi connectivity index (χ0) is 11.0. The van der Waals surface area contributed by atoms with Gasteiger partial charge in [0, 0.05) is 11.1 Å². The fraction of sp³-hybridized carbons (Fsp3) is 0.250. The topological polar surface area (TPSA) is 49.4 Å². The van der Waals surface area contributed by atoms with Crippen LogP contribution >= 0.6 is 0 Å². The van der Waals surface area contributed by atoms with Crippen LogP contribution in [-0.4, -0.2) is 12.6 Å². The van der Waals surface area contributed by atoms with E-state index in [9.17, 15) is 9.90 Å². The Balaban J connectivity index is 0.00000128. The molecule has 0 fully saturated rings. The molecular weight excluding hydrogens is 215 g/mol. The average Bonchev–Trinajstić information content (AvgIpc) is 2.46. The number of carbonyl (C=O) groups is 1. The minimum absolute atomic E-state index is 0. The van der Waals surface area contributed by atoms with Crippen LogP contribution in [0.15, 0.2) is 18.2 Å². The van der Waals surface area contributed by atoms with Gasteiger partial charge in [0.15, 0.2) is 0 Å². The van der Waals surface area contributed by atoms with Gasteiger partial charge in [-0.05, 0) is 37.1 Å². The van der Waals surface area contributed by atoms with E-state index < -0.39 is 5.97 Å². The fourth-order valence-corrected chi connectivity index (χ4v) is 1.94. The van der Waals surface area contributed by atoms with E-state index in [0.29, 0.717) is 12.2 Å². The summed E-state index contributed by atoms with van der Waals surface area (Å²) < 4.78 is 5.41. The molecule has 0 aromatic heterocycles. The van der Waals surface area contributed by atoms with Crippen molar-refractivity contribution in [2.45, 2.75) is 13.8 Å². The number of carbonyl (C=O) groups excluding carboxylic acids is 1. The summed E-state index contributed by atoms with van der Waals surface area (Å²) in [6.07, 6.45) is 1.11. The van der Waals surface area contributed by atoms with E-state index in [1.807, 2.05) is 26.0 Å². The van der Waals surface area contributed by atoms with Gasteiger partial charge in [-0.2, -0.15) is 0 Å². The number of hydrogen-bond acceptors (Lipinski definition) is 3. The van der Waals surface area contributed by atoms with E-state index in [-0.39, 0.29) is 29.6 Å². The molecule has 1 heterocycles. The van der Waals surface area contributed by atoms with Crippen LogP contribution < -0.4 is 39.4 Å². The first-order valence-electron chi connectivity index (χ1n) is 4.74. The van der Waals surface area contributed by atoms with Crippen molar-refractivity contribution in [3.8, 4) is 5.75 Å². The summed E-state index contributed by atoms with van der Waals surface area (Å²) in [5.74, 6) is -0.415. The van der Waals surface area contributed by atoms with Crippen LogP contribution in [0.4, 0.5) is 0 Å². The van der Waals surface area contributed by atoms with Crippen molar-refractivity contribution in [2.75, 3.05) is 6.61 Å². The second-order valence-electron chi connectivity index (χ2n) is 3.73. The molecule has 0 radical (unpaired) electrons. The molecule has 0 spiro atoms. The van der Waals surface area contributed by atoms with Gasteiger partial charge in [-0.15, -0.1) is 0 Å². The summed E-state index contributed by atoms with van der Waals surface area (Å²) in [6.45, 7) is 4.24. The summed E-state index contributed by atoms with van der Waals surface area (Å²) in [5, 5.41) is 10.5. The molecule has 0 bridgehead atoms. The van der Waals surface area contributed by atoms with E-state index in [2.05, 4.69) is 0 Å². The smallest absolute Gasteiger partial charge is 0.545 e. The van der Waals surface area contributed by atoms with E-state index in [1.165, 1.54) is 0 Å². The van der Waals surface area contributed by atoms with Crippen LogP contribution in [0.5, 0.6) is 5.75 Å². The summed E-state index contributed by atoms with van der Waals surface area (Å²) in [4.78, 5) is 10.5. The van der Waals surface area contributed by atoms with Gasteiger partial charge in [-0.1, -0.05) is 6.07 Å². The van der Waals surface area contributed by atoms with Gasteiger partial charge in [0.25, 0.3) is 0 Å². The van der Waals surface area contributed by atoms with Crippen molar-refractivity contribution < 1.29 is 44.2 Å². The Kier molecular flexibility index (Phi) is 4.19. The third-order valence-corrected chi connectivity index (χ3v) is 2.44. The van der Waals surface area contributed by atoms with Crippen molar-refractivity contribution in [2.24, 2.45) is 0 Å². The minimum Gasteiger partial charge on any atom is -0.545 e. The molecule has 3 nitrogen and oxygen atoms in total. The number of fused-ring (bicyclic) bond motifs is 1. The normalized spacial score (nSPS) is 15.2. The third kappa shape index (κ3) is 2.48. The molecule has 1 aromatic carbocycles. The van der Waals surface area contributed by atoms with Crippen LogP contribution in [-0.2, 0) is 4.79 Å². The van der Waals surface area contributed by atoms with Crippen LogP contribution in [0.3, 0.4) is 0 Å². The molecule has 78 valence electrons. The molecule has 1 aromatic rings. The van der Waals surface area contributed by atoms with E-state index >= 15 is 0 Å². The van der Waals surface area contributed by atoms with Gasteiger partial charge in [0.2, 0.25) is 0 Å². The second-order valence-corrected chi connectivity index (χ2v) is 3.73. The van der Waals surface area contributed by atoms with Gasteiger partial charge in [-0.25, -0.2) is 0 Å². The molecule has 0 unspecified atom stereocenters. The Morgan fingerprint density at radius 2 is 2.12 bits per heavy atom. The number of carboxylic acid groups (broad SMARTS) is 1. The van der Waals surface area contributed by atoms with Gasteiger partial charge >= 0.3 is 29.6 Å². The number of rotatable bonds is 1. The quantitative estimate of drug-likeness (QED) is 0.404. The molecule has 2 rings (SSSR count). The third-order valence-electron chi connectivity index (χ3n) is 2.44. The molecule has 0 N–H and O–H groups in total. The number of carboxylic acids is 1. The Labute approximate surface area is 116 Å². The first kappa shape index (κ1) is 13.3. The van der Waals surface area contributed by atoms with Crippen LogP contribution in [0, 0.1) is 13.8 Å². The largest absolute Gasteiger partial charge is 1.00 e. The Hall–Kier alpha value is -0.770. The van der Waals surface area contributed by atoms with Gasteiger partial charge in [-0.3, -0.25) is 0 Å². The molecule has 0 atom stereocenters. The number of hydrogen-bond donors (Lipinski definition) is 0. The van der Waals surface area contributed by atoms with E-state index in [4.69, 9.17) is 4.74 Å². The van der Waals surface area contributed by atoms with Crippen molar-refractivity contribution >= 4 is 11.5 Å². The number of benzene rings is 1. The Bertz CT molecular complexity index is 464. The molecular formula is C12H11NaO3. The molecule has 4 heteroatoms. The predicted octanol–water partition coefficient (Wildman–Crippen LogP) is -2.17. The molecule has 1 aliphatic rings. The van der Waals surface area contributed by atoms with Crippen LogP contribution in [0.1, 0.15) is 16.7 Å². The molecule has 0 amide bonds. The summed E-state index contributed by atoms with van der Waals surface area (Å²) in [5.41, 5.74) is 3.73. The van der Waals surface area contributed by atoms with Gasteiger partial charge in [0.05, 0.1) is 5.97 Å². The maximum absolute atomic E-state index is 10.5. The molecule has 0 aliphatic carbocycles. The van der Waals surface area contributed by atoms with Crippen molar-refractivity contribution in [3.05, 3.63) is 34.9 Å². The summed E-state index contributed by atoms with van der Waals surface area (Å²) >= 11 is 0. The van der Waals surface area contributed by atoms with E-state index in [0.717, 1.165) is 28.5 Å². The molecule has 16 heavy (non-hydrogen) atoms. The number of ether oxygens (including phenoxy) is 1. The van der Waals surface area contributed by atoms with Gasteiger partial charge in [0.1, 0.15) is 12.4 Å². The Morgan fingerprint density at radius 1 is 1.44 bits per heavy atom. The first-order chi connectivity index (χ1) is 7.08. The van der Waals surface area contributed by atoms with Crippen molar-refractivity contribution in [1.29, 1.82) is 0 Å². The SMILES string of the molecule is Cc1cc(C)c2c(c1)OC/C2=C\C(=O)[O-].[Na+]. The second kappa shape index (κ2) is 5.04. The number of aryl methyl sites for hydroxylation is 2. The molecule has 0 saturated carbocycles. The molecule has 1 aliphatic heterocycles. The Morgan fingerprint density at radius 3 is 2.75 bits per heavy atom. The zero-order valence-electron chi connectivity index (χ0n) is 9.66. The van der Waals surface area contributed by atoms with Crippen molar-refractivity contribution in [3.63, 3.8) is 0 Å². The fourth-order valence-electron chi connectivity index (χ4n) is 1.94. The molecule has 0 saturated heterocycles. The monoisotopic (exact) mass is 226 g/mol. The average molecular weight is 226 g/mol. The first-order valence-corrected chi connectivity index (χ1v) is 4.74. The maximum Gasteiger partial charge on any atom is 1.00 e. The standard InChI is InChI=1S/C12H12O3.Na/c1-7-3-8(2)12-9(5-11(13)14)6-15-10(12)4-7;/h3-5H,6H2,1-2H3,(H,13,14);/q;+1/p-1/b9-5+;. The summed E-state index contributed by atoms with van der Waals surface area (Å²) in [6, 6.07) is 3.93. The minimum atomic E-state index is -1.18. The van der Waals surface area contributed by atoms with Crippen molar-refractivity contribution in [1.82, 2.24) is 0 Å². The predicted molar refractivity (Wildman–Crippen MR) is 54.4 cm³/mol. The van der Waals surface area contributed by atoms with Gasteiger partial charge < -0.3 is 14.6 Å². The van der Waals surface area contributed by atoms with Crippen LogP contribution in [0.25, 0.3) is 5.57 Å².